The minimum absolute atomic E-state index is 0.730. The molecule has 3 heteroatoms. The molecule has 1 fully saturated rings. The lowest BCUT2D eigenvalue weighted by atomic mass is 10.2. The standard InChI is InChI=1S/C12H25NO2/c1-3-12-6-5-7-13(12)8-9-15-11-10-14-4-2/h12H,3-11H2,1-2H3. The number of hydrogen-bond donors (Lipinski definition) is 0. The fourth-order valence-corrected chi connectivity index (χ4v) is 2.20. The maximum Gasteiger partial charge on any atom is 0.0701 e. The van der Waals surface area contributed by atoms with Crippen LogP contribution in [0.25, 0.3) is 0 Å². The van der Waals surface area contributed by atoms with Crippen LogP contribution >= 0.6 is 0 Å². The smallest absolute Gasteiger partial charge is 0.0701 e. The Bertz CT molecular complexity index is 153. The highest BCUT2D eigenvalue weighted by molar-refractivity contribution is 4.77. The van der Waals surface area contributed by atoms with Gasteiger partial charge in [0.25, 0.3) is 0 Å². The van der Waals surface area contributed by atoms with Crippen molar-refractivity contribution in [3.8, 4) is 0 Å². The molecule has 3 nitrogen and oxygen atoms in total. The van der Waals surface area contributed by atoms with Crippen molar-refractivity contribution >= 4 is 0 Å². The van der Waals surface area contributed by atoms with Crippen LogP contribution in [0.3, 0.4) is 0 Å². The van der Waals surface area contributed by atoms with Crippen LogP contribution in [0.15, 0.2) is 0 Å². The van der Waals surface area contributed by atoms with E-state index >= 15 is 0 Å². The van der Waals surface area contributed by atoms with Gasteiger partial charge in [0.15, 0.2) is 0 Å². The Morgan fingerprint density at radius 1 is 1.13 bits per heavy atom. The van der Waals surface area contributed by atoms with Crippen molar-refractivity contribution in [2.24, 2.45) is 0 Å². The van der Waals surface area contributed by atoms with Crippen LogP contribution in [-0.4, -0.2) is 50.5 Å². The molecule has 0 radical (unpaired) electrons. The summed E-state index contributed by atoms with van der Waals surface area (Å²) in [5, 5.41) is 0. The van der Waals surface area contributed by atoms with Crippen molar-refractivity contribution in [2.45, 2.75) is 39.2 Å². The molecule has 15 heavy (non-hydrogen) atoms. The molecule has 0 amide bonds. The lowest BCUT2D eigenvalue weighted by molar-refractivity contribution is 0.0412. The Labute approximate surface area is 93.7 Å². The second-order valence-corrected chi connectivity index (χ2v) is 4.05. The van der Waals surface area contributed by atoms with Gasteiger partial charge in [-0.15, -0.1) is 0 Å². The zero-order chi connectivity index (χ0) is 10.9. The van der Waals surface area contributed by atoms with Crippen LogP contribution in [0.1, 0.15) is 33.1 Å². The fourth-order valence-electron chi connectivity index (χ4n) is 2.20. The van der Waals surface area contributed by atoms with Gasteiger partial charge in [-0.3, -0.25) is 4.90 Å². The van der Waals surface area contributed by atoms with E-state index in [1.807, 2.05) is 6.92 Å². The van der Waals surface area contributed by atoms with Crippen molar-refractivity contribution in [1.29, 1.82) is 0 Å². The van der Waals surface area contributed by atoms with Crippen molar-refractivity contribution < 1.29 is 9.47 Å². The van der Waals surface area contributed by atoms with E-state index in [-0.39, 0.29) is 0 Å². The summed E-state index contributed by atoms with van der Waals surface area (Å²) in [4.78, 5) is 2.56. The van der Waals surface area contributed by atoms with Crippen LogP contribution in [0, 0.1) is 0 Å². The van der Waals surface area contributed by atoms with Gasteiger partial charge in [0.2, 0.25) is 0 Å². The molecule has 1 rings (SSSR count). The van der Waals surface area contributed by atoms with Gasteiger partial charge >= 0.3 is 0 Å². The average Bonchev–Trinajstić information content (AvgIpc) is 2.70. The molecule has 0 saturated carbocycles. The molecule has 0 aromatic rings. The van der Waals surface area contributed by atoms with E-state index < -0.39 is 0 Å². The summed E-state index contributed by atoms with van der Waals surface area (Å²) in [6.07, 6.45) is 4.01. The quantitative estimate of drug-likeness (QED) is 0.577. The van der Waals surface area contributed by atoms with Gasteiger partial charge in [-0.2, -0.15) is 0 Å². The molecule has 1 aliphatic rings. The summed E-state index contributed by atoms with van der Waals surface area (Å²) in [6.45, 7) is 9.73. The summed E-state index contributed by atoms with van der Waals surface area (Å²) >= 11 is 0. The first kappa shape index (κ1) is 12.9. The molecule has 1 aliphatic heterocycles. The maximum atomic E-state index is 5.52. The zero-order valence-corrected chi connectivity index (χ0v) is 10.2. The van der Waals surface area contributed by atoms with Crippen LogP contribution in [0.2, 0.25) is 0 Å². The van der Waals surface area contributed by atoms with Crippen LogP contribution in [0.4, 0.5) is 0 Å². The average molecular weight is 215 g/mol. The summed E-state index contributed by atoms with van der Waals surface area (Å²) in [7, 11) is 0. The summed E-state index contributed by atoms with van der Waals surface area (Å²) in [5.74, 6) is 0. The molecule has 1 atom stereocenters. The Morgan fingerprint density at radius 2 is 1.93 bits per heavy atom. The molecule has 1 heterocycles. The molecular formula is C12H25NO2. The normalized spacial score (nSPS) is 22.4. The van der Waals surface area contributed by atoms with Gasteiger partial charge in [0.1, 0.15) is 0 Å². The first-order valence-corrected chi connectivity index (χ1v) is 6.28. The minimum atomic E-state index is 0.730. The molecule has 0 bridgehead atoms. The Kier molecular flexibility index (Phi) is 6.98. The summed E-state index contributed by atoms with van der Waals surface area (Å²) in [6, 6.07) is 0.806. The van der Waals surface area contributed by atoms with Gasteiger partial charge in [-0.25, -0.2) is 0 Å². The van der Waals surface area contributed by atoms with Crippen molar-refractivity contribution in [1.82, 2.24) is 4.90 Å². The molecule has 0 N–H and O–H groups in total. The SMILES string of the molecule is CCOCCOCCN1CCCC1CC. The number of rotatable bonds is 8. The summed E-state index contributed by atoms with van der Waals surface area (Å²) in [5.41, 5.74) is 0. The molecule has 1 unspecified atom stereocenters. The Hall–Kier alpha value is -0.120. The minimum Gasteiger partial charge on any atom is -0.379 e. The molecular weight excluding hydrogens is 190 g/mol. The molecule has 0 aliphatic carbocycles. The number of likely N-dealkylation sites (tertiary alicyclic amines) is 1. The molecule has 90 valence electrons. The van der Waals surface area contributed by atoms with Gasteiger partial charge < -0.3 is 9.47 Å². The van der Waals surface area contributed by atoms with E-state index in [1.165, 1.54) is 25.8 Å². The van der Waals surface area contributed by atoms with E-state index in [1.54, 1.807) is 0 Å². The van der Waals surface area contributed by atoms with E-state index in [0.717, 1.165) is 39.0 Å². The second-order valence-electron chi connectivity index (χ2n) is 4.05. The summed E-state index contributed by atoms with van der Waals surface area (Å²) < 4.78 is 10.7. The molecule has 0 aromatic heterocycles. The third-order valence-electron chi connectivity index (χ3n) is 3.07. The topological polar surface area (TPSA) is 21.7 Å². The molecule has 0 spiro atoms. The van der Waals surface area contributed by atoms with Crippen LogP contribution in [-0.2, 0) is 9.47 Å². The zero-order valence-electron chi connectivity index (χ0n) is 10.2. The number of nitrogens with zero attached hydrogens (tertiary/aromatic N) is 1. The van der Waals surface area contributed by atoms with Crippen LogP contribution < -0.4 is 0 Å². The van der Waals surface area contributed by atoms with Crippen molar-refractivity contribution in [3.05, 3.63) is 0 Å². The lowest BCUT2D eigenvalue weighted by Crippen LogP contribution is -2.32. The van der Waals surface area contributed by atoms with Crippen molar-refractivity contribution in [3.63, 3.8) is 0 Å². The first-order chi connectivity index (χ1) is 7.38. The predicted octanol–water partition coefficient (Wildman–Crippen LogP) is 1.91. The molecule has 1 saturated heterocycles. The molecule has 0 aromatic carbocycles. The van der Waals surface area contributed by atoms with Gasteiger partial charge in [0.05, 0.1) is 19.8 Å². The predicted molar refractivity (Wildman–Crippen MR) is 62.2 cm³/mol. The maximum absolute atomic E-state index is 5.52. The van der Waals surface area contributed by atoms with Gasteiger partial charge in [-0.1, -0.05) is 6.92 Å². The first-order valence-electron chi connectivity index (χ1n) is 6.28. The number of hydrogen-bond acceptors (Lipinski definition) is 3. The highest BCUT2D eigenvalue weighted by Gasteiger charge is 2.21. The fraction of sp³-hybridized carbons (Fsp3) is 1.00. The van der Waals surface area contributed by atoms with E-state index in [0.29, 0.717) is 0 Å². The highest BCUT2D eigenvalue weighted by Crippen LogP contribution is 2.18. The third-order valence-corrected chi connectivity index (χ3v) is 3.07. The van der Waals surface area contributed by atoms with E-state index in [9.17, 15) is 0 Å². The van der Waals surface area contributed by atoms with Gasteiger partial charge in [0, 0.05) is 19.2 Å². The van der Waals surface area contributed by atoms with E-state index in [4.69, 9.17) is 9.47 Å². The van der Waals surface area contributed by atoms with E-state index in [2.05, 4.69) is 11.8 Å². The van der Waals surface area contributed by atoms with Crippen LogP contribution in [0.5, 0.6) is 0 Å². The largest absolute Gasteiger partial charge is 0.379 e. The second kappa shape index (κ2) is 8.08. The Balaban J connectivity index is 1.95. The van der Waals surface area contributed by atoms with Crippen molar-refractivity contribution in [2.75, 3.05) is 39.5 Å². The third kappa shape index (κ3) is 4.96. The lowest BCUT2D eigenvalue weighted by Gasteiger charge is -2.22. The van der Waals surface area contributed by atoms with Gasteiger partial charge in [-0.05, 0) is 32.7 Å². The monoisotopic (exact) mass is 215 g/mol. The Morgan fingerprint density at radius 3 is 2.67 bits per heavy atom. The number of ether oxygens (including phenoxy) is 2. The highest BCUT2D eigenvalue weighted by atomic mass is 16.5.